The molecule has 2 aliphatic heterocycles. The Hall–Kier alpha value is -3.88. The van der Waals surface area contributed by atoms with Crippen molar-refractivity contribution in [1.29, 1.82) is 0 Å². The number of ether oxygens (including phenoxy) is 1. The Balaban J connectivity index is 1.56. The van der Waals surface area contributed by atoms with E-state index in [1.807, 2.05) is 13.0 Å². The van der Waals surface area contributed by atoms with Gasteiger partial charge < -0.3 is 19.4 Å². The lowest BCUT2D eigenvalue weighted by Crippen LogP contribution is -2.52. The van der Waals surface area contributed by atoms with Crippen LogP contribution in [0, 0.1) is 0 Å². The van der Waals surface area contributed by atoms with Gasteiger partial charge in [0.25, 0.3) is 11.8 Å². The Labute approximate surface area is 177 Å². The molecule has 5 rings (SSSR count). The first-order chi connectivity index (χ1) is 14.9. The molecule has 0 bridgehead atoms. The van der Waals surface area contributed by atoms with Gasteiger partial charge in [-0.05, 0) is 36.2 Å². The maximum atomic E-state index is 13.1. The molecule has 0 spiro atoms. The van der Waals surface area contributed by atoms with Crippen molar-refractivity contribution in [2.45, 2.75) is 25.4 Å². The van der Waals surface area contributed by atoms with Gasteiger partial charge in [0.2, 0.25) is 0 Å². The fourth-order valence-corrected chi connectivity index (χ4v) is 4.25. The van der Waals surface area contributed by atoms with Crippen LogP contribution in [0.25, 0.3) is 11.0 Å². The smallest absolute Gasteiger partial charge is 0.322 e. The summed E-state index contributed by atoms with van der Waals surface area (Å²) in [4.78, 5) is 44.1. The number of amides is 4. The second kappa shape index (κ2) is 6.83. The Bertz CT molecular complexity index is 1250. The third kappa shape index (κ3) is 2.84. The number of benzene rings is 1. The van der Waals surface area contributed by atoms with Gasteiger partial charge in [0.15, 0.2) is 5.54 Å². The molecule has 1 atom stereocenters. The lowest BCUT2D eigenvalue weighted by molar-refractivity contribution is -0.125. The van der Waals surface area contributed by atoms with Crippen molar-refractivity contribution in [2.24, 2.45) is 0 Å². The number of urea groups is 1. The van der Waals surface area contributed by atoms with Crippen molar-refractivity contribution in [2.75, 3.05) is 13.7 Å². The van der Waals surface area contributed by atoms with Crippen LogP contribution in [0.5, 0.6) is 5.75 Å². The summed E-state index contributed by atoms with van der Waals surface area (Å²) in [5.74, 6) is 0.0282. The summed E-state index contributed by atoms with van der Waals surface area (Å²) < 4.78 is 11.2. The highest BCUT2D eigenvalue weighted by molar-refractivity contribution is 6.08. The minimum atomic E-state index is -1.54. The maximum absolute atomic E-state index is 13.1. The molecule has 158 valence electrons. The first kappa shape index (κ1) is 19.1. The quantitative estimate of drug-likeness (QED) is 0.611. The Morgan fingerprint density at radius 1 is 1.23 bits per heavy atom. The zero-order valence-electron chi connectivity index (χ0n) is 17.0. The van der Waals surface area contributed by atoms with Crippen LogP contribution >= 0.6 is 0 Å². The second-order valence-corrected chi connectivity index (χ2v) is 7.63. The normalized spacial score (nSPS) is 20.2. The van der Waals surface area contributed by atoms with Crippen LogP contribution in [0.1, 0.15) is 34.3 Å². The molecule has 3 aromatic rings. The lowest BCUT2D eigenvalue weighted by Gasteiger charge is -2.29. The van der Waals surface area contributed by atoms with Gasteiger partial charge in [-0.25, -0.2) is 4.79 Å². The number of furan rings is 1. The fraction of sp³-hybridized carbons (Fsp3) is 0.273. The minimum absolute atomic E-state index is 0.0743. The molecule has 2 aliphatic rings. The Morgan fingerprint density at radius 3 is 2.77 bits per heavy atom. The molecule has 31 heavy (non-hydrogen) atoms. The summed E-state index contributed by atoms with van der Waals surface area (Å²) in [6.45, 7) is 2.21. The summed E-state index contributed by atoms with van der Waals surface area (Å²) in [6.07, 6.45) is 2.33. The van der Waals surface area contributed by atoms with E-state index in [4.69, 9.17) is 9.15 Å². The number of nitrogens with one attached hydrogen (secondary N) is 2. The van der Waals surface area contributed by atoms with Crippen LogP contribution < -0.4 is 15.4 Å². The fourth-order valence-electron chi connectivity index (χ4n) is 4.25. The largest absolute Gasteiger partial charge is 0.497 e. The van der Waals surface area contributed by atoms with Gasteiger partial charge in [-0.1, -0.05) is 13.0 Å². The van der Waals surface area contributed by atoms with E-state index in [9.17, 15) is 14.4 Å². The van der Waals surface area contributed by atoms with Crippen LogP contribution in [-0.2, 0) is 23.3 Å². The summed E-state index contributed by atoms with van der Waals surface area (Å²) in [5.41, 5.74) is 1.19. The maximum Gasteiger partial charge on any atom is 0.322 e. The van der Waals surface area contributed by atoms with Crippen LogP contribution in [0.2, 0.25) is 0 Å². The molecular weight excluding hydrogens is 400 g/mol. The molecule has 1 saturated heterocycles. The number of hydrogen-bond donors (Lipinski definition) is 2. The van der Waals surface area contributed by atoms with Gasteiger partial charge >= 0.3 is 6.03 Å². The third-order valence-corrected chi connectivity index (χ3v) is 5.85. The Kier molecular flexibility index (Phi) is 4.21. The van der Waals surface area contributed by atoms with E-state index in [2.05, 4.69) is 15.6 Å². The van der Waals surface area contributed by atoms with Crippen LogP contribution in [0.15, 0.2) is 40.9 Å². The number of methoxy groups -OCH3 is 1. The van der Waals surface area contributed by atoms with E-state index in [1.165, 1.54) is 12.0 Å². The lowest BCUT2D eigenvalue weighted by atomic mass is 9.95. The predicted octanol–water partition coefficient (Wildman–Crippen LogP) is 2.09. The average Bonchev–Trinajstić information content (AvgIpc) is 3.42. The number of hydrogen-bond acceptors (Lipinski definition) is 6. The van der Waals surface area contributed by atoms with Gasteiger partial charge in [-0.15, -0.1) is 0 Å². The number of carbonyl (C=O) groups excluding carboxylic acids is 3. The van der Waals surface area contributed by atoms with Crippen molar-refractivity contribution in [3.8, 4) is 5.75 Å². The summed E-state index contributed by atoms with van der Waals surface area (Å²) in [7, 11) is 1.54. The van der Waals surface area contributed by atoms with Crippen molar-refractivity contribution >= 4 is 28.8 Å². The zero-order valence-corrected chi connectivity index (χ0v) is 17.0. The molecule has 0 radical (unpaired) electrons. The number of carbonyl (C=O) groups is 3. The van der Waals surface area contributed by atoms with Gasteiger partial charge in [0, 0.05) is 23.7 Å². The molecule has 0 saturated carbocycles. The SMILES string of the molecule is CCc1nccc2oc([C@]3(CN4Cc5ccc(OC)cc5C4=O)NC(=O)NC3=O)cc12. The molecule has 1 fully saturated rings. The highest BCUT2D eigenvalue weighted by atomic mass is 16.5. The standard InChI is InChI=1S/C22H20N4O5/c1-3-16-15-9-18(31-17(15)6-7-23-16)22(20(28)24-21(29)25-22)11-26-10-12-4-5-13(30-2)8-14(12)19(26)27/h4-9H,3,10-11H2,1-2H3,(H2,24,25,28,29)/t22-/m0/s1. The van der Waals surface area contributed by atoms with Gasteiger partial charge in [-0.3, -0.25) is 19.9 Å². The van der Waals surface area contributed by atoms with Crippen molar-refractivity contribution in [3.63, 3.8) is 0 Å². The van der Waals surface area contributed by atoms with E-state index in [-0.39, 0.29) is 18.2 Å². The number of nitrogens with zero attached hydrogens (tertiary/aromatic N) is 2. The second-order valence-electron chi connectivity index (χ2n) is 7.63. The number of pyridine rings is 1. The third-order valence-electron chi connectivity index (χ3n) is 5.85. The van der Waals surface area contributed by atoms with Crippen molar-refractivity contribution in [3.05, 3.63) is 59.1 Å². The molecule has 2 aromatic heterocycles. The summed E-state index contributed by atoms with van der Waals surface area (Å²) in [6, 6.07) is 8.09. The number of rotatable bonds is 5. The molecule has 9 nitrogen and oxygen atoms in total. The van der Waals surface area contributed by atoms with Gasteiger partial charge in [-0.2, -0.15) is 0 Å². The van der Waals surface area contributed by atoms with Crippen LogP contribution in [0.4, 0.5) is 4.79 Å². The topological polar surface area (TPSA) is 114 Å². The average molecular weight is 420 g/mol. The molecular formula is C22H20N4O5. The van der Waals surface area contributed by atoms with E-state index in [1.54, 1.807) is 30.5 Å². The zero-order chi connectivity index (χ0) is 21.8. The highest BCUT2D eigenvalue weighted by Gasteiger charge is 2.53. The van der Waals surface area contributed by atoms with Gasteiger partial charge in [0.05, 0.1) is 19.3 Å². The molecule has 4 heterocycles. The van der Waals surface area contributed by atoms with Crippen molar-refractivity contribution in [1.82, 2.24) is 20.5 Å². The molecule has 0 unspecified atom stereocenters. The van der Waals surface area contributed by atoms with E-state index in [0.29, 0.717) is 29.9 Å². The molecule has 0 aliphatic carbocycles. The van der Waals surface area contributed by atoms with E-state index >= 15 is 0 Å². The molecule has 9 heteroatoms. The molecule has 2 N–H and O–H groups in total. The van der Waals surface area contributed by atoms with Crippen LogP contribution in [0.3, 0.4) is 0 Å². The summed E-state index contributed by atoms with van der Waals surface area (Å²) >= 11 is 0. The number of aromatic nitrogens is 1. The highest BCUT2D eigenvalue weighted by Crippen LogP contribution is 2.35. The van der Waals surface area contributed by atoms with Gasteiger partial charge in [0.1, 0.15) is 17.1 Å². The Morgan fingerprint density at radius 2 is 2.06 bits per heavy atom. The first-order valence-corrected chi connectivity index (χ1v) is 9.93. The first-order valence-electron chi connectivity index (χ1n) is 9.93. The van der Waals surface area contributed by atoms with Crippen LogP contribution in [-0.4, -0.2) is 41.4 Å². The summed E-state index contributed by atoms with van der Waals surface area (Å²) in [5, 5.41) is 5.75. The van der Waals surface area contributed by atoms with Crippen molar-refractivity contribution < 1.29 is 23.5 Å². The van der Waals surface area contributed by atoms with E-state index < -0.39 is 17.5 Å². The molecule has 4 amide bonds. The number of aryl methyl sites for hydroxylation is 1. The number of fused-ring (bicyclic) bond motifs is 2. The molecule has 1 aromatic carbocycles. The monoisotopic (exact) mass is 420 g/mol. The minimum Gasteiger partial charge on any atom is -0.497 e. The van der Waals surface area contributed by atoms with E-state index in [0.717, 1.165) is 16.6 Å². The predicted molar refractivity (Wildman–Crippen MR) is 109 cm³/mol. The number of imide groups is 1.